The molecule has 0 aromatic rings. The van der Waals surface area contributed by atoms with Gasteiger partial charge in [-0.15, -0.1) is 0 Å². The Hall–Kier alpha value is -1.20. The number of likely N-dealkylation sites (N-methyl/N-ethyl adjacent to an activating group) is 2. The van der Waals surface area contributed by atoms with Gasteiger partial charge in [0, 0.05) is 44.4 Å². The Morgan fingerprint density at radius 1 is 1.19 bits per heavy atom. The molecule has 16 heavy (non-hydrogen) atoms. The van der Waals surface area contributed by atoms with Gasteiger partial charge in [0.2, 0.25) is 0 Å². The molecule has 0 N–H and O–H groups in total. The second kappa shape index (κ2) is 4.35. The monoisotopic (exact) mass is 223 g/mol. The number of hydrogen-bond donors (Lipinski definition) is 0. The van der Waals surface area contributed by atoms with Crippen LogP contribution in [-0.4, -0.2) is 72.8 Å². The van der Waals surface area contributed by atoms with E-state index in [2.05, 4.69) is 16.8 Å². The van der Waals surface area contributed by atoms with Crippen LogP contribution in [0.1, 0.15) is 0 Å². The highest BCUT2D eigenvalue weighted by Gasteiger charge is 2.30. The quantitative estimate of drug-likeness (QED) is 0.572. The van der Waals surface area contributed by atoms with Gasteiger partial charge in [-0.25, -0.2) is 0 Å². The molecule has 5 heteroatoms. The zero-order chi connectivity index (χ0) is 11.7. The van der Waals surface area contributed by atoms with Crippen LogP contribution in [0.5, 0.6) is 0 Å². The van der Waals surface area contributed by atoms with Crippen molar-refractivity contribution in [2.75, 3.05) is 40.3 Å². The molecule has 5 nitrogen and oxygen atoms in total. The van der Waals surface area contributed by atoms with Crippen molar-refractivity contribution in [3.8, 4) is 0 Å². The first-order chi connectivity index (χ1) is 7.58. The summed E-state index contributed by atoms with van der Waals surface area (Å²) in [5, 5.41) is 0. The molecule has 88 valence electrons. The zero-order valence-corrected chi connectivity index (χ0v) is 9.72. The highest BCUT2D eigenvalue weighted by Crippen LogP contribution is 2.11. The fourth-order valence-corrected chi connectivity index (χ4v) is 2.12. The van der Waals surface area contributed by atoms with Gasteiger partial charge < -0.3 is 4.90 Å². The third-order valence-corrected chi connectivity index (χ3v) is 3.27. The Morgan fingerprint density at radius 2 is 1.81 bits per heavy atom. The van der Waals surface area contributed by atoms with E-state index in [1.807, 2.05) is 7.05 Å². The van der Waals surface area contributed by atoms with Gasteiger partial charge in [0.05, 0.1) is 0 Å². The summed E-state index contributed by atoms with van der Waals surface area (Å²) >= 11 is 0. The number of piperazine rings is 1. The van der Waals surface area contributed by atoms with E-state index in [1.165, 1.54) is 17.1 Å². The smallest absolute Gasteiger partial charge is 0.253 e. The molecule has 0 bridgehead atoms. The van der Waals surface area contributed by atoms with Crippen LogP contribution in [0, 0.1) is 0 Å². The molecule has 2 aliphatic rings. The third-order valence-electron chi connectivity index (χ3n) is 3.27. The lowest BCUT2D eigenvalue weighted by atomic mass is 10.1. The molecule has 0 radical (unpaired) electrons. The predicted octanol–water partition coefficient (Wildman–Crippen LogP) is -0.843. The van der Waals surface area contributed by atoms with Crippen LogP contribution in [0.15, 0.2) is 12.2 Å². The molecule has 0 saturated carbocycles. The second-order valence-electron chi connectivity index (χ2n) is 4.52. The van der Waals surface area contributed by atoms with Crippen LogP contribution < -0.4 is 0 Å². The van der Waals surface area contributed by atoms with Crippen molar-refractivity contribution < 1.29 is 9.59 Å². The number of carbonyl (C=O) groups is 2. The average Bonchev–Trinajstić information content (AvgIpc) is 2.55. The summed E-state index contributed by atoms with van der Waals surface area (Å²) in [5.41, 5.74) is 0. The lowest BCUT2D eigenvalue weighted by Gasteiger charge is -2.39. The summed E-state index contributed by atoms with van der Waals surface area (Å²) in [6.45, 7) is 3.40. The van der Waals surface area contributed by atoms with E-state index in [-0.39, 0.29) is 17.9 Å². The lowest BCUT2D eigenvalue weighted by molar-refractivity contribution is -0.138. The minimum Gasteiger partial charge on any atom is -0.303 e. The molecule has 0 aliphatic carbocycles. The van der Waals surface area contributed by atoms with Crippen LogP contribution in [0.3, 0.4) is 0 Å². The standard InChI is InChI=1S/C11H17N3O2/c1-12-5-6-13(2)9(7-12)8-14-10(15)3-4-11(14)16/h3-4,9H,5-8H2,1-2H3. The molecule has 1 atom stereocenters. The van der Waals surface area contributed by atoms with E-state index < -0.39 is 0 Å². The minimum absolute atomic E-state index is 0.188. The first kappa shape index (κ1) is 11.3. The van der Waals surface area contributed by atoms with Crippen molar-refractivity contribution in [2.24, 2.45) is 0 Å². The van der Waals surface area contributed by atoms with Gasteiger partial charge in [-0.3, -0.25) is 19.4 Å². The van der Waals surface area contributed by atoms with E-state index in [9.17, 15) is 9.59 Å². The number of hydrogen-bond acceptors (Lipinski definition) is 4. The number of amides is 2. The fraction of sp³-hybridized carbons (Fsp3) is 0.636. The lowest BCUT2D eigenvalue weighted by Crippen LogP contribution is -2.55. The molecule has 2 heterocycles. The number of nitrogens with zero attached hydrogens (tertiary/aromatic N) is 3. The number of carbonyl (C=O) groups excluding carboxylic acids is 2. The first-order valence-electron chi connectivity index (χ1n) is 5.50. The summed E-state index contributed by atoms with van der Waals surface area (Å²) < 4.78 is 0. The summed E-state index contributed by atoms with van der Waals surface area (Å²) in [5.74, 6) is -0.377. The van der Waals surface area contributed by atoms with Crippen LogP contribution in [0.25, 0.3) is 0 Å². The van der Waals surface area contributed by atoms with E-state index in [4.69, 9.17) is 0 Å². The molecule has 0 spiro atoms. The van der Waals surface area contributed by atoms with E-state index in [0.717, 1.165) is 19.6 Å². The van der Waals surface area contributed by atoms with E-state index >= 15 is 0 Å². The van der Waals surface area contributed by atoms with Crippen molar-refractivity contribution >= 4 is 11.8 Å². The van der Waals surface area contributed by atoms with Gasteiger partial charge in [0.25, 0.3) is 11.8 Å². The van der Waals surface area contributed by atoms with Crippen molar-refractivity contribution in [2.45, 2.75) is 6.04 Å². The van der Waals surface area contributed by atoms with Crippen LogP contribution in [0.2, 0.25) is 0 Å². The van der Waals surface area contributed by atoms with Gasteiger partial charge >= 0.3 is 0 Å². The predicted molar refractivity (Wildman–Crippen MR) is 59.8 cm³/mol. The van der Waals surface area contributed by atoms with Gasteiger partial charge in [-0.1, -0.05) is 0 Å². The number of rotatable bonds is 2. The minimum atomic E-state index is -0.188. The molecule has 0 aromatic carbocycles. The van der Waals surface area contributed by atoms with Crippen molar-refractivity contribution in [1.82, 2.24) is 14.7 Å². The first-order valence-corrected chi connectivity index (χ1v) is 5.50. The van der Waals surface area contributed by atoms with Crippen molar-refractivity contribution in [3.05, 3.63) is 12.2 Å². The normalized spacial score (nSPS) is 28.1. The van der Waals surface area contributed by atoms with Gasteiger partial charge in [0.15, 0.2) is 0 Å². The Labute approximate surface area is 95.3 Å². The molecular weight excluding hydrogens is 206 g/mol. The third kappa shape index (κ3) is 2.15. The highest BCUT2D eigenvalue weighted by atomic mass is 16.2. The van der Waals surface area contributed by atoms with E-state index in [0.29, 0.717) is 6.54 Å². The molecule has 2 rings (SSSR count). The maximum Gasteiger partial charge on any atom is 0.253 e. The highest BCUT2D eigenvalue weighted by molar-refractivity contribution is 6.12. The van der Waals surface area contributed by atoms with Crippen LogP contribution in [0.4, 0.5) is 0 Å². The SMILES string of the molecule is CN1CCN(C)C(CN2C(=O)C=CC2=O)C1. The Kier molecular flexibility index (Phi) is 3.07. The van der Waals surface area contributed by atoms with Crippen LogP contribution >= 0.6 is 0 Å². The molecule has 1 unspecified atom stereocenters. The summed E-state index contributed by atoms with van der Waals surface area (Å²) in [6.07, 6.45) is 2.68. The van der Waals surface area contributed by atoms with Crippen LogP contribution in [-0.2, 0) is 9.59 Å². The Morgan fingerprint density at radius 3 is 2.44 bits per heavy atom. The fourth-order valence-electron chi connectivity index (χ4n) is 2.12. The molecule has 1 fully saturated rings. The topological polar surface area (TPSA) is 43.9 Å². The zero-order valence-electron chi connectivity index (χ0n) is 9.72. The molecule has 2 aliphatic heterocycles. The van der Waals surface area contributed by atoms with Crippen molar-refractivity contribution in [1.29, 1.82) is 0 Å². The second-order valence-corrected chi connectivity index (χ2v) is 4.52. The molecule has 0 aromatic heterocycles. The summed E-state index contributed by atoms with van der Waals surface area (Å²) in [7, 11) is 4.10. The number of imide groups is 1. The van der Waals surface area contributed by atoms with E-state index in [1.54, 1.807) is 0 Å². The largest absolute Gasteiger partial charge is 0.303 e. The maximum atomic E-state index is 11.4. The van der Waals surface area contributed by atoms with Crippen molar-refractivity contribution in [3.63, 3.8) is 0 Å². The summed E-state index contributed by atoms with van der Waals surface area (Å²) in [6, 6.07) is 0.242. The summed E-state index contributed by atoms with van der Waals surface area (Å²) in [4.78, 5) is 28.6. The molecule has 2 amide bonds. The Bertz CT molecular complexity index is 322. The molecule has 1 saturated heterocycles. The van der Waals surface area contributed by atoms with Gasteiger partial charge in [0.1, 0.15) is 0 Å². The Balaban J connectivity index is 1.98. The average molecular weight is 223 g/mol. The molecular formula is C11H17N3O2. The van der Waals surface area contributed by atoms with Gasteiger partial charge in [-0.2, -0.15) is 0 Å². The van der Waals surface area contributed by atoms with Gasteiger partial charge in [-0.05, 0) is 14.1 Å². The maximum absolute atomic E-state index is 11.4.